The van der Waals surface area contributed by atoms with Crippen LogP contribution in [-0.2, 0) is 28.6 Å². The Hall–Kier alpha value is -4.27. The number of ether oxygens (including phenoxy) is 3. The van der Waals surface area contributed by atoms with Gasteiger partial charge in [-0.1, -0.05) is 167 Å². The van der Waals surface area contributed by atoms with Crippen LogP contribution in [0.5, 0.6) is 0 Å². The second-order valence-corrected chi connectivity index (χ2v) is 14.7. The number of nitrogens with zero attached hydrogens (tertiary/aromatic N) is 1. The lowest BCUT2D eigenvalue weighted by Crippen LogP contribution is -2.55. The number of rotatable bonds is 35. The van der Waals surface area contributed by atoms with Crippen LogP contribution in [0.1, 0.15) is 117 Å². The molecule has 0 aliphatic carbocycles. The van der Waals surface area contributed by atoms with Crippen molar-refractivity contribution in [2.75, 3.05) is 41.0 Å². The number of quaternary nitrogens is 1. The van der Waals surface area contributed by atoms with E-state index in [4.69, 9.17) is 14.2 Å². The van der Waals surface area contributed by atoms with Crippen LogP contribution in [0.4, 0.5) is 0 Å². The minimum atomic E-state index is -1.14. The lowest BCUT2D eigenvalue weighted by atomic mass is 10.1. The fourth-order valence-corrected chi connectivity index (χ4v) is 5.30. The molecule has 0 N–H and O–H groups in total. The Kier molecular flexibility index (Phi) is 35.7. The van der Waals surface area contributed by atoms with E-state index in [-0.39, 0.29) is 55.5 Å². The smallest absolute Gasteiger partial charge is 0.306 e. The maximum absolute atomic E-state index is 12.7. The van der Waals surface area contributed by atoms with E-state index < -0.39 is 18.1 Å². The van der Waals surface area contributed by atoms with Gasteiger partial charge in [0, 0.05) is 19.3 Å². The topological polar surface area (TPSA) is 102 Å². The van der Waals surface area contributed by atoms with E-state index in [2.05, 4.69) is 50.3 Å². The molecule has 0 heterocycles. The van der Waals surface area contributed by atoms with E-state index in [9.17, 15) is 19.5 Å². The van der Waals surface area contributed by atoms with Gasteiger partial charge in [-0.2, -0.15) is 0 Å². The molecule has 318 valence electrons. The first-order chi connectivity index (χ1) is 27.6. The van der Waals surface area contributed by atoms with Crippen molar-refractivity contribution in [3.05, 3.63) is 122 Å². The van der Waals surface area contributed by atoms with Crippen LogP contribution in [0.15, 0.2) is 122 Å². The Morgan fingerprint density at radius 3 is 1.47 bits per heavy atom. The number of carboxylic acid groups (broad SMARTS) is 1. The third-order valence-corrected chi connectivity index (χ3v) is 8.57. The van der Waals surface area contributed by atoms with Gasteiger partial charge in [0.05, 0.1) is 40.3 Å². The molecular formula is C49H75NO7. The Bertz CT molecular complexity index is 1340. The van der Waals surface area contributed by atoms with Crippen LogP contribution < -0.4 is 5.11 Å². The molecule has 2 atom stereocenters. The molecule has 0 saturated heterocycles. The molecule has 0 fully saturated rings. The van der Waals surface area contributed by atoms with Crippen molar-refractivity contribution in [3.63, 3.8) is 0 Å². The average molecular weight is 790 g/mol. The molecule has 0 aromatic carbocycles. The number of allylic oxidation sites excluding steroid dienone is 20. The summed E-state index contributed by atoms with van der Waals surface area (Å²) in [6.07, 6.45) is 53.6. The molecule has 57 heavy (non-hydrogen) atoms. The van der Waals surface area contributed by atoms with Gasteiger partial charge < -0.3 is 28.6 Å². The van der Waals surface area contributed by atoms with Crippen molar-refractivity contribution in [3.8, 4) is 0 Å². The van der Waals surface area contributed by atoms with Gasteiger partial charge in [0.2, 0.25) is 0 Å². The molecule has 0 saturated carbocycles. The molecule has 0 aliphatic heterocycles. The second-order valence-electron chi connectivity index (χ2n) is 14.7. The third-order valence-electron chi connectivity index (χ3n) is 8.57. The quantitative estimate of drug-likeness (QED) is 0.0273. The van der Waals surface area contributed by atoms with Gasteiger partial charge in [-0.15, -0.1) is 0 Å². The molecule has 0 bridgehead atoms. The van der Waals surface area contributed by atoms with E-state index in [1.54, 1.807) is 21.1 Å². The molecule has 0 spiro atoms. The van der Waals surface area contributed by atoms with Gasteiger partial charge in [-0.05, 0) is 51.4 Å². The van der Waals surface area contributed by atoms with Gasteiger partial charge in [0.1, 0.15) is 12.6 Å². The first-order valence-corrected chi connectivity index (χ1v) is 21.2. The van der Waals surface area contributed by atoms with Crippen LogP contribution in [0.3, 0.4) is 0 Å². The van der Waals surface area contributed by atoms with Gasteiger partial charge in [0.15, 0.2) is 6.10 Å². The van der Waals surface area contributed by atoms with E-state index in [1.807, 2.05) is 85.1 Å². The normalized spacial score (nSPS) is 14.2. The fourth-order valence-electron chi connectivity index (χ4n) is 5.30. The number of esters is 2. The summed E-state index contributed by atoms with van der Waals surface area (Å²) in [6.45, 7) is 4.32. The molecule has 0 aromatic heterocycles. The summed E-state index contributed by atoms with van der Waals surface area (Å²) in [4.78, 5) is 36.8. The maximum atomic E-state index is 12.7. The summed E-state index contributed by atoms with van der Waals surface area (Å²) in [5.41, 5.74) is 0. The Labute approximate surface area is 346 Å². The van der Waals surface area contributed by atoms with Gasteiger partial charge in [-0.3, -0.25) is 9.59 Å². The fraction of sp³-hybridized carbons (Fsp3) is 0.531. The summed E-state index contributed by atoms with van der Waals surface area (Å²) >= 11 is 0. The maximum Gasteiger partial charge on any atom is 0.306 e. The van der Waals surface area contributed by atoms with E-state index in [0.717, 1.165) is 64.2 Å². The van der Waals surface area contributed by atoms with Gasteiger partial charge >= 0.3 is 11.9 Å². The summed E-state index contributed by atoms with van der Waals surface area (Å²) in [7, 11) is 5.36. The van der Waals surface area contributed by atoms with E-state index in [1.165, 1.54) is 6.42 Å². The standard InChI is InChI=1S/C49H75NO7/c1-6-8-10-12-14-16-18-20-22-23-24-26-28-30-32-34-36-38-40-48(52)57-45(43-55-42-41-46(49(53)54)50(3,4)5)44-56-47(51)39-37-35-33-31-29-27-25-21-19-17-15-13-11-9-7-2/h9-27,29,45-46H,6-8,28,30-44H2,1-5H3/b11-9+,12-10+,15-13+,16-14+,19-17+,20-18+,23-22+,25-21+,26-24+,29-27+. The molecule has 0 rings (SSSR count). The first kappa shape index (κ1) is 52.7. The van der Waals surface area contributed by atoms with E-state index >= 15 is 0 Å². The van der Waals surface area contributed by atoms with Crippen molar-refractivity contribution in [2.45, 2.75) is 129 Å². The largest absolute Gasteiger partial charge is 0.544 e. The SMILES string of the molecule is CC/C=C/C=C/C=C/C=C/C=C/CCCCCC(=O)OCC(COCCC(C(=O)[O-])[N+](C)(C)C)OC(=O)CCCCCCC/C=C/C=C/C=C/C=C/C=C/CCC. The van der Waals surface area contributed by atoms with Crippen LogP contribution in [0, 0.1) is 0 Å². The minimum absolute atomic E-state index is 0.00622. The monoisotopic (exact) mass is 790 g/mol. The zero-order valence-electron chi connectivity index (χ0n) is 35.9. The lowest BCUT2D eigenvalue weighted by molar-refractivity contribution is -0.889. The molecular weight excluding hydrogens is 715 g/mol. The number of unbranched alkanes of at least 4 members (excludes halogenated alkanes) is 9. The predicted octanol–water partition coefficient (Wildman–Crippen LogP) is 10.1. The number of likely N-dealkylation sites (N-methyl/N-ethyl adjacent to an activating group) is 1. The predicted molar refractivity (Wildman–Crippen MR) is 235 cm³/mol. The highest BCUT2D eigenvalue weighted by Crippen LogP contribution is 2.12. The number of hydrogen-bond acceptors (Lipinski definition) is 7. The highest BCUT2D eigenvalue weighted by molar-refractivity contribution is 5.70. The second kappa shape index (κ2) is 38.6. The molecule has 8 heteroatoms. The number of carboxylic acids is 1. The lowest BCUT2D eigenvalue weighted by Gasteiger charge is -2.34. The Morgan fingerprint density at radius 2 is 0.982 bits per heavy atom. The number of carbonyl (C=O) groups is 3. The zero-order valence-corrected chi connectivity index (χ0v) is 35.9. The highest BCUT2D eigenvalue weighted by atomic mass is 16.6. The summed E-state index contributed by atoms with van der Waals surface area (Å²) in [6, 6.07) is -0.746. The third kappa shape index (κ3) is 37.1. The molecule has 8 nitrogen and oxygen atoms in total. The summed E-state index contributed by atoms with van der Waals surface area (Å²) < 4.78 is 17.1. The van der Waals surface area contributed by atoms with Crippen LogP contribution >= 0.6 is 0 Å². The van der Waals surface area contributed by atoms with Crippen molar-refractivity contribution in [1.82, 2.24) is 0 Å². The van der Waals surface area contributed by atoms with Crippen LogP contribution in [0.25, 0.3) is 0 Å². The molecule has 2 unspecified atom stereocenters. The summed E-state index contributed by atoms with van der Waals surface area (Å²) in [5, 5.41) is 11.6. The molecule has 0 amide bonds. The molecule has 0 radical (unpaired) electrons. The minimum Gasteiger partial charge on any atom is -0.544 e. The van der Waals surface area contributed by atoms with Crippen molar-refractivity contribution in [1.29, 1.82) is 0 Å². The van der Waals surface area contributed by atoms with E-state index in [0.29, 0.717) is 12.8 Å². The average Bonchev–Trinajstić information content (AvgIpc) is 3.17. The number of aliphatic carboxylic acids is 1. The highest BCUT2D eigenvalue weighted by Gasteiger charge is 2.25. The van der Waals surface area contributed by atoms with Gasteiger partial charge in [-0.25, -0.2) is 0 Å². The van der Waals surface area contributed by atoms with Crippen LogP contribution in [0.2, 0.25) is 0 Å². The Balaban J connectivity index is 4.55. The van der Waals surface area contributed by atoms with Crippen molar-refractivity contribution in [2.24, 2.45) is 0 Å². The number of hydrogen-bond donors (Lipinski definition) is 0. The van der Waals surface area contributed by atoms with Crippen molar-refractivity contribution < 1.29 is 38.2 Å². The zero-order chi connectivity index (χ0) is 42.1. The van der Waals surface area contributed by atoms with Crippen molar-refractivity contribution >= 4 is 17.9 Å². The van der Waals surface area contributed by atoms with Gasteiger partial charge in [0.25, 0.3) is 0 Å². The Morgan fingerprint density at radius 1 is 0.544 bits per heavy atom. The number of carbonyl (C=O) groups excluding carboxylic acids is 3. The first-order valence-electron chi connectivity index (χ1n) is 21.2. The molecule has 0 aromatic rings. The summed E-state index contributed by atoms with van der Waals surface area (Å²) in [5.74, 6) is -1.85. The molecule has 0 aliphatic rings. The van der Waals surface area contributed by atoms with Crippen LogP contribution in [-0.4, -0.2) is 75.5 Å².